The number of nitrogens with one attached hydrogen (secondary N) is 1. The van der Waals surface area contributed by atoms with E-state index in [4.69, 9.17) is 5.84 Å². The van der Waals surface area contributed by atoms with Gasteiger partial charge in [0.2, 0.25) is 0 Å². The van der Waals surface area contributed by atoms with E-state index in [2.05, 4.69) is 5.43 Å². The summed E-state index contributed by atoms with van der Waals surface area (Å²) in [4.78, 5) is 0. The van der Waals surface area contributed by atoms with Crippen LogP contribution in [0.4, 0.5) is 0 Å². The van der Waals surface area contributed by atoms with Crippen LogP contribution in [0.3, 0.4) is 0 Å². The van der Waals surface area contributed by atoms with Crippen LogP contribution in [-0.4, -0.2) is 6.04 Å². The van der Waals surface area contributed by atoms with Crippen molar-refractivity contribution in [2.24, 2.45) is 17.7 Å². The highest BCUT2D eigenvalue weighted by molar-refractivity contribution is 5.85. The van der Waals surface area contributed by atoms with Crippen molar-refractivity contribution in [3.05, 3.63) is 0 Å². The third-order valence-corrected chi connectivity index (χ3v) is 3.06. The second-order valence-corrected chi connectivity index (χ2v) is 3.35. The second-order valence-electron chi connectivity index (χ2n) is 3.35. The van der Waals surface area contributed by atoms with Gasteiger partial charge in [-0.15, -0.1) is 24.8 Å². The first-order valence-corrected chi connectivity index (χ1v) is 3.88. The molecular formula is C7H16Cl2N2. The molecule has 0 spiro atoms. The number of nitrogens with two attached hydrogens (primary N) is 1. The quantitative estimate of drug-likeness (QED) is 0.496. The SMILES string of the molecule is Cl.Cl.NNC1CCC2CCC21. The summed E-state index contributed by atoms with van der Waals surface area (Å²) in [5.41, 5.74) is 2.90. The van der Waals surface area contributed by atoms with Crippen molar-refractivity contribution in [2.45, 2.75) is 31.7 Å². The zero-order valence-corrected chi connectivity index (χ0v) is 8.09. The molecule has 11 heavy (non-hydrogen) atoms. The van der Waals surface area contributed by atoms with E-state index in [1.54, 1.807) is 0 Å². The minimum atomic E-state index is 0. The second kappa shape index (κ2) is 4.51. The predicted molar refractivity (Wildman–Crippen MR) is 51.1 cm³/mol. The Morgan fingerprint density at radius 3 is 1.91 bits per heavy atom. The van der Waals surface area contributed by atoms with Gasteiger partial charge in [0.15, 0.2) is 0 Å². The normalized spacial score (nSPS) is 39.5. The Kier molecular flexibility index (Phi) is 4.71. The molecule has 2 nitrogen and oxygen atoms in total. The van der Waals surface area contributed by atoms with Crippen LogP contribution < -0.4 is 11.3 Å². The third-order valence-electron chi connectivity index (χ3n) is 3.06. The summed E-state index contributed by atoms with van der Waals surface area (Å²) in [6.45, 7) is 0. The summed E-state index contributed by atoms with van der Waals surface area (Å²) in [5.74, 6) is 7.34. The van der Waals surface area contributed by atoms with Gasteiger partial charge >= 0.3 is 0 Å². The minimum absolute atomic E-state index is 0. The first-order chi connectivity index (χ1) is 4.42. The lowest BCUT2D eigenvalue weighted by atomic mass is 9.75. The Bertz CT molecular complexity index is 119. The highest BCUT2D eigenvalue weighted by atomic mass is 35.5. The highest BCUT2D eigenvalue weighted by Crippen LogP contribution is 2.46. The van der Waals surface area contributed by atoms with Crippen molar-refractivity contribution in [1.29, 1.82) is 0 Å². The monoisotopic (exact) mass is 198 g/mol. The number of hydrogen-bond acceptors (Lipinski definition) is 2. The van der Waals surface area contributed by atoms with Crippen molar-refractivity contribution in [3.8, 4) is 0 Å². The average Bonchev–Trinajstić information content (AvgIpc) is 2.07. The van der Waals surface area contributed by atoms with E-state index in [0.717, 1.165) is 11.8 Å². The number of rotatable bonds is 1. The molecule has 3 atom stereocenters. The fourth-order valence-corrected chi connectivity index (χ4v) is 2.30. The van der Waals surface area contributed by atoms with Crippen LogP contribution in [0.15, 0.2) is 0 Å². The molecule has 0 aliphatic heterocycles. The maximum atomic E-state index is 5.37. The fourth-order valence-electron chi connectivity index (χ4n) is 2.30. The number of halogens is 2. The Labute approximate surface area is 80.1 Å². The lowest BCUT2D eigenvalue weighted by Crippen LogP contribution is -2.42. The molecule has 0 amide bonds. The van der Waals surface area contributed by atoms with Crippen LogP contribution in [0.25, 0.3) is 0 Å². The molecular weight excluding hydrogens is 183 g/mol. The Morgan fingerprint density at radius 1 is 1.00 bits per heavy atom. The lowest BCUT2D eigenvalue weighted by Gasteiger charge is -2.33. The van der Waals surface area contributed by atoms with Gasteiger partial charge in [-0.1, -0.05) is 0 Å². The molecule has 68 valence electrons. The van der Waals surface area contributed by atoms with Gasteiger partial charge in [0.25, 0.3) is 0 Å². The van der Waals surface area contributed by atoms with Crippen molar-refractivity contribution < 1.29 is 0 Å². The lowest BCUT2D eigenvalue weighted by molar-refractivity contribution is 0.187. The molecule has 3 N–H and O–H groups in total. The number of hydrogen-bond donors (Lipinski definition) is 2. The maximum Gasteiger partial charge on any atom is 0.0241 e. The predicted octanol–water partition coefficient (Wildman–Crippen LogP) is 1.48. The molecule has 2 rings (SSSR count). The van der Waals surface area contributed by atoms with Gasteiger partial charge < -0.3 is 0 Å². The van der Waals surface area contributed by atoms with Crippen LogP contribution in [0.1, 0.15) is 25.7 Å². The fraction of sp³-hybridized carbons (Fsp3) is 1.00. The smallest absolute Gasteiger partial charge is 0.0241 e. The van der Waals surface area contributed by atoms with E-state index in [1.807, 2.05) is 0 Å². The van der Waals surface area contributed by atoms with Crippen molar-refractivity contribution >= 4 is 24.8 Å². The summed E-state index contributed by atoms with van der Waals surface area (Å²) in [5, 5.41) is 0. The molecule has 0 bridgehead atoms. The van der Waals surface area contributed by atoms with Crippen LogP contribution in [0.2, 0.25) is 0 Å². The Balaban J connectivity index is 0.000000500. The van der Waals surface area contributed by atoms with E-state index in [1.165, 1.54) is 25.7 Å². The largest absolute Gasteiger partial charge is 0.271 e. The first kappa shape index (κ1) is 11.5. The summed E-state index contributed by atoms with van der Waals surface area (Å²) < 4.78 is 0. The van der Waals surface area contributed by atoms with Crippen LogP contribution in [0.5, 0.6) is 0 Å². The average molecular weight is 199 g/mol. The van der Waals surface area contributed by atoms with E-state index in [0.29, 0.717) is 6.04 Å². The van der Waals surface area contributed by atoms with Crippen molar-refractivity contribution in [1.82, 2.24) is 5.43 Å². The van der Waals surface area contributed by atoms with Crippen LogP contribution >= 0.6 is 24.8 Å². The molecule has 2 fully saturated rings. The topological polar surface area (TPSA) is 38.0 Å². The van der Waals surface area contributed by atoms with Gasteiger partial charge in [0.1, 0.15) is 0 Å². The molecule has 0 heterocycles. The summed E-state index contributed by atoms with van der Waals surface area (Å²) >= 11 is 0. The molecule has 4 heteroatoms. The molecule has 2 aliphatic carbocycles. The standard InChI is InChI=1S/C7H14N2.2ClH/c8-9-7-4-2-5-1-3-6(5)7;;/h5-7,9H,1-4,8H2;2*1H. The summed E-state index contributed by atoms with van der Waals surface area (Å²) in [6.07, 6.45) is 5.60. The molecule has 0 radical (unpaired) electrons. The zero-order valence-electron chi connectivity index (χ0n) is 6.45. The highest BCUT2D eigenvalue weighted by Gasteiger charge is 2.41. The van der Waals surface area contributed by atoms with Crippen LogP contribution in [-0.2, 0) is 0 Å². The van der Waals surface area contributed by atoms with E-state index in [9.17, 15) is 0 Å². The summed E-state index contributed by atoms with van der Waals surface area (Å²) in [6, 6.07) is 0.656. The molecule has 2 aliphatic rings. The van der Waals surface area contributed by atoms with Gasteiger partial charge in [0, 0.05) is 6.04 Å². The van der Waals surface area contributed by atoms with Crippen molar-refractivity contribution in [3.63, 3.8) is 0 Å². The molecule has 0 saturated heterocycles. The van der Waals surface area contributed by atoms with Gasteiger partial charge in [-0.2, -0.15) is 0 Å². The summed E-state index contributed by atoms with van der Waals surface area (Å²) in [7, 11) is 0. The zero-order chi connectivity index (χ0) is 6.27. The number of fused-ring (bicyclic) bond motifs is 1. The molecule has 0 aromatic heterocycles. The van der Waals surface area contributed by atoms with E-state index in [-0.39, 0.29) is 24.8 Å². The van der Waals surface area contributed by atoms with Crippen LogP contribution in [0, 0.1) is 11.8 Å². The van der Waals surface area contributed by atoms with Gasteiger partial charge in [-0.05, 0) is 37.5 Å². The first-order valence-electron chi connectivity index (χ1n) is 3.88. The van der Waals surface area contributed by atoms with E-state index < -0.39 is 0 Å². The third kappa shape index (κ3) is 1.81. The Hall–Kier alpha value is 0.500. The van der Waals surface area contributed by atoms with Gasteiger partial charge in [-0.25, -0.2) is 0 Å². The Morgan fingerprint density at radius 2 is 1.64 bits per heavy atom. The minimum Gasteiger partial charge on any atom is -0.271 e. The number of hydrazine groups is 1. The molecule has 0 aromatic rings. The van der Waals surface area contributed by atoms with Gasteiger partial charge in [0.05, 0.1) is 0 Å². The molecule has 3 unspecified atom stereocenters. The van der Waals surface area contributed by atoms with Gasteiger partial charge in [-0.3, -0.25) is 11.3 Å². The van der Waals surface area contributed by atoms with Crippen molar-refractivity contribution in [2.75, 3.05) is 0 Å². The molecule has 0 aromatic carbocycles. The molecule has 2 saturated carbocycles. The maximum absolute atomic E-state index is 5.37. The van der Waals surface area contributed by atoms with E-state index >= 15 is 0 Å².